The summed E-state index contributed by atoms with van der Waals surface area (Å²) >= 11 is 0. The molecular formula is C27H24O2P+. The lowest BCUT2D eigenvalue weighted by molar-refractivity contribution is -0.107. The van der Waals surface area contributed by atoms with Crippen LogP contribution in [0.3, 0.4) is 0 Å². The zero-order valence-electron chi connectivity index (χ0n) is 16.6. The topological polar surface area (TPSA) is 37.3 Å². The Morgan fingerprint density at radius 1 is 0.633 bits per heavy atom. The fourth-order valence-corrected chi connectivity index (χ4v) is 8.90. The molecule has 0 saturated carbocycles. The van der Waals surface area contributed by atoms with E-state index in [0.29, 0.717) is 0 Å². The zero-order valence-corrected chi connectivity index (χ0v) is 17.5. The second kappa shape index (κ2) is 9.17. The summed E-state index contributed by atoms with van der Waals surface area (Å²) in [5.41, 5.74) is 1.27. The van der Waals surface area contributed by atoms with Crippen molar-refractivity contribution in [1.29, 1.82) is 0 Å². The van der Waals surface area contributed by atoms with E-state index in [-0.39, 0.29) is 6.61 Å². The van der Waals surface area contributed by atoms with Crippen LogP contribution in [0.1, 0.15) is 16.8 Å². The number of hydrogen-bond acceptors (Lipinski definition) is 2. The van der Waals surface area contributed by atoms with E-state index in [1.54, 1.807) is 0 Å². The minimum atomic E-state index is -2.40. The van der Waals surface area contributed by atoms with Crippen molar-refractivity contribution in [2.75, 3.05) is 0 Å². The van der Waals surface area contributed by atoms with Crippen molar-refractivity contribution in [1.82, 2.24) is 0 Å². The lowest BCUT2D eigenvalue weighted by atomic mass is 10.1. The molecule has 1 N–H and O–H groups in total. The molecule has 4 aromatic rings. The number of benzene rings is 4. The first-order valence-corrected chi connectivity index (χ1v) is 11.9. The van der Waals surface area contributed by atoms with Crippen LogP contribution >= 0.6 is 7.26 Å². The molecule has 0 radical (unpaired) electrons. The number of rotatable bonds is 7. The van der Waals surface area contributed by atoms with Crippen LogP contribution in [0.15, 0.2) is 115 Å². The Bertz CT molecular complexity index is 999. The molecule has 2 nitrogen and oxygen atoms in total. The van der Waals surface area contributed by atoms with Gasteiger partial charge in [0.25, 0.3) is 0 Å². The Hall–Kier alpha value is -3.06. The zero-order chi connectivity index (χ0) is 20.8. The van der Waals surface area contributed by atoms with Crippen LogP contribution in [0.5, 0.6) is 0 Å². The van der Waals surface area contributed by atoms with E-state index in [0.717, 1.165) is 33.3 Å². The van der Waals surface area contributed by atoms with Crippen LogP contribution < -0.4 is 15.9 Å². The third-order valence-electron chi connectivity index (χ3n) is 5.58. The van der Waals surface area contributed by atoms with Crippen molar-refractivity contribution in [3.8, 4) is 0 Å². The van der Waals surface area contributed by atoms with E-state index < -0.39 is 12.9 Å². The molecule has 0 spiro atoms. The Morgan fingerprint density at radius 2 is 1.03 bits per heavy atom. The minimum Gasteiger partial charge on any atom is -0.392 e. The van der Waals surface area contributed by atoms with Gasteiger partial charge in [-0.05, 0) is 42.0 Å². The molecule has 0 bridgehead atoms. The Labute approximate surface area is 178 Å². The van der Waals surface area contributed by atoms with Crippen LogP contribution in [0, 0.1) is 0 Å². The van der Waals surface area contributed by atoms with E-state index in [1.165, 1.54) is 0 Å². The molecule has 0 heterocycles. The van der Waals surface area contributed by atoms with Crippen LogP contribution in [0.25, 0.3) is 0 Å². The Kier molecular flexibility index (Phi) is 6.18. The van der Waals surface area contributed by atoms with Gasteiger partial charge < -0.3 is 5.11 Å². The summed E-state index contributed by atoms with van der Waals surface area (Å²) in [6.07, 6.45) is 1.08. The van der Waals surface area contributed by atoms with Gasteiger partial charge in [0.15, 0.2) is 11.9 Å². The largest absolute Gasteiger partial charge is 0.392 e. The van der Waals surface area contributed by atoms with E-state index in [9.17, 15) is 9.90 Å². The van der Waals surface area contributed by atoms with E-state index in [4.69, 9.17) is 0 Å². The highest BCUT2D eigenvalue weighted by Crippen LogP contribution is 2.66. The van der Waals surface area contributed by atoms with E-state index in [2.05, 4.69) is 36.4 Å². The second-order valence-electron chi connectivity index (χ2n) is 7.17. The van der Waals surface area contributed by atoms with Crippen molar-refractivity contribution < 1.29 is 9.90 Å². The highest BCUT2D eigenvalue weighted by Gasteiger charge is 2.53. The predicted octanol–water partition coefficient (Wildman–Crippen LogP) is 4.41. The second-order valence-corrected chi connectivity index (χ2v) is 10.7. The first-order valence-electron chi connectivity index (χ1n) is 10.0. The van der Waals surface area contributed by atoms with Gasteiger partial charge in [-0.3, -0.25) is 4.79 Å². The molecule has 3 heteroatoms. The normalized spacial score (nSPS) is 12.3. The summed E-state index contributed by atoms with van der Waals surface area (Å²) < 4.78 is 0. The maximum absolute atomic E-state index is 12.9. The smallest absolute Gasteiger partial charge is 0.165 e. The maximum atomic E-state index is 12.9. The third kappa shape index (κ3) is 3.50. The molecule has 30 heavy (non-hydrogen) atoms. The van der Waals surface area contributed by atoms with Gasteiger partial charge in [0.1, 0.15) is 23.2 Å². The van der Waals surface area contributed by atoms with Gasteiger partial charge in [-0.25, -0.2) is 0 Å². The van der Waals surface area contributed by atoms with E-state index >= 15 is 0 Å². The molecule has 0 amide bonds. The molecule has 0 saturated heterocycles. The molecular weight excluding hydrogens is 387 g/mol. The van der Waals surface area contributed by atoms with Crippen molar-refractivity contribution in [3.63, 3.8) is 0 Å². The van der Waals surface area contributed by atoms with Gasteiger partial charge in [0.05, 0.1) is 6.61 Å². The number of aliphatic hydroxyl groups is 1. The summed E-state index contributed by atoms with van der Waals surface area (Å²) in [6, 6.07) is 38.8. The fraction of sp³-hybridized carbons (Fsp3) is 0.0741. The molecule has 1 unspecified atom stereocenters. The number of carbonyl (C=O) groups excluding carboxylic acids is 1. The molecule has 0 fully saturated rings. The molecule has 4 rings (SSSR count). The number of carbonyl (C=O) groups is 1. The van der Waals surface area contributed by atoms with Crippen molar-refractivity contribution >= 4 is 29.5 Å². The number of hydrogen-bond donors (Lipinski definition) is 1. The highest BCUT2D eigenvalue weighted by atomic mass is 31.2. The average molecular weight is 411 g/mol. The highest BCUT2D eigenvalue weighted by molar-refractivity contribution is 7.96. The van der Waals surface area contributed by atoms with Crippen LogP contribution in [-0.2, 0) is 11.4 Å². The third-order valence-corrected chi connectivity index (χ3v) is 10.2. The van der Waals surface area contributed by atoms with Gasteiger partial charge in [0, 0.05) is 5.56 Å². The van der Waals surface area contributed by atoms with Crippen LogP contribution in [-0.4, -0.2) is 11.4 Å². The maximum Gasteiger partial charge on any atom is 0.165 e. The van der Waals surface area contributed by atoms with Gasteiger partial charge in [0.2, 0.25) is 0 Å². The summed E-state index contributed by atoms with van der Waals surface area (Å²) in [7, 11) is -2.40. The Balaban J connectivity index is 2.13. The summed E-state index contributed by atoms with van der Waals surface area (Å²) in [5.74, 6) is 0. The van der Waals surface area contributed by atoms with Gasteiger partial charge >= 0.3 is 0 Å². The molecule has 148 valence electrons. The van der Waals surface area contributed by atoms with Gasteiger partial charge in [-0.2, -0.15) is 0 Å². The molecule has 0 aliphatic carbocycles. The average Bonchev–Trinajstić information content (AvgIpc) is 2.84. The van der Waals surface area contributed by atoms with Crippen molar-refractivity contribution in [2.45, 2.75) is 12.3 Å². The first kappa shape index (κ1) is 20.2. The first-order chi connectivity index (χ1) is 14.8. The monoisotopic (exact) mass is 411 g/mol. The predicted molar refractivity (Wildman–Crippen MR) is 126 cm³/mol. The van der Waals surface area contributed by atoms with Crippen molar-refractivity contribution in [3.05, 3.63) is 126 Å². The standard InChI is InChI=1S/C27H24O2P/c28-20-22-12-10-11-19-26(22)27(21-29)30(23-13-4-1-5-14-23,24-15-6-2-7-16-24)25-17-8-3-9-18-25/h1-19,21,27-28H,20H2/q+1. The van der Waals surface area contributed by atoms with Crippen LogP contribution in [0.4, 0.5) is 0 Å². The quantitative estimate of drug-likeness (QED) is 0.361. The Morgan fingerprint density at radius 3 is 1.43 bits per heavy atom. The van der Waals surface area contributed by atoms with E-state index in [1.807, 2.05) is 78.9 Å². The molecule has 4 aromatic carbocycles. The van der Waals surface area contributed by atoms with Crippen LogP contribution in [0.2, 0.25) is 0 Å². The molecule has 0 aromatic heterocycles. The number of aliphatic hydroxyl groups excluding tert-OH is 1. The number of aldehydes is 1. The van der Waals surface area contributed by atoms with Gasteiger partial charge in [-0.1, -0.05) is 78.9 Å². The SMILES string of the molecule is O=CC(c1ccccc1CO)[P+](c1ccccc1)(c1ccccc1)c1ccccc1. The summed E-state index contributed by atoms with van der Waals surface area (Å²) in [6.45, 7) is -0.0983. The lowest BCUT2D eigenvalue weighted by Gasteiger charge is -2.33. The lowest BCUT2D eigenvalue weighted by Crippen LogP contribution is -2.36. The summed E-state index contributed by atoms with van der Waals surface area (Å²) in [4.78, 5) is 12.9. The molecule has 0 aliphatic heterocycles. The summed E-state index contributed by atoms with van der Waals surface area (Å²) in [5, 5.41) is 13.5. The van der Waals surface area contributed by atoms with Gasteiger partial charge in [-0.15, -0.1) is 0 Å². The minimum absolute atomic E-state index is 0.0983. The van der Waals surface area contributed by atoms with Crippen molar-refractivity contribution in [2.24, 2.45) is 0 Å². The molecule has 1 atom stereocenters. The fourth-order valence-electron chi connectivity index (χ4n) is 4.26. The molecule has 0 aliphatic rings.